The summed E-state index contributed by atoms with van der Waals surface area (Å²) in [6, 6.07) is 7.31. The van der Waals surface area contributed by atoms with Crippen LogP contribution in [0.25, 0.3) is 0 Å². The maximum absolute atomic E-state index is 11.9. The first kappa shape index (κ1) is 16.2. The fourth-order valence-corrected chi connectivity index (χ4v) is 3.44. The first-order chi connectivity index (χ1) is 10.1. The number of hydrogen-bond donors (Lipinski definition) is 2. The standard InChI is InChI=1S/C15H18ClNO3S/c16-11-6-4-10(5-7-11)8-21-9-14(18)17-13-3-1-2-12(13)15(19)20/h4-7,12-13H,1-3,8-9H2,(H,17,18)(H,19,20). The van der Waals surface area contributed by atoms with Crippen LogP contribution in [0.15, 0.2) is 24.3 Å². The molecule has 0 bridgehead atoms. The quantitative estimate of drug-likeness (QED) is 0.843. The van der Waals surface area contributed by atoms with Crippen LogP contribution in [0.3, 0.4) is 0 Å². The average Bonchev–Trinajstić information content (AvgIpc) is 2.89. The van der Waals surface area contributed by atoms with Crippen LogP contribution in [0.1, 0.15) is 24.8 Å². The average molecular weight is 328 g/mol. The van der Waals surface area contributed by atoms with Gasteiger partial charge in [-0.05, 0) is 30.5 Å². The van der Waals surface area contributed by atoms with Gasteiger partial charge < -0.3 is 10.4 Å². The summed E-state index contributed by atoms with van der Waals surface area (Å²) in [5.74, 6) is -0.266. The Labute approximate surface area is 133 Å². The molecule has 21 heavy (non-hydrogen) atoms. The van der Waals surface area contributed by atoms with Gasteiger partial charge in [-0.25, -0.2) is 0 Å². The second kappa shape index (κ2) is 7.71. The van der Waals surface area contributed by atoms with Crippen molar-refractivity contribution < 1.29 is 14.7 Å². The number of halogens is 1. The van der Waals surface area contributed by atoms with Crippen LogP contribution in [0.4, 0.5) is 0 Å². The summed E-state index contributed by atoms with van der Waals surface area (Å²) >= 11 is 7.32. The first-order valence-corrected chi connectivity index (χ1v) is 8.44. The van der Waals surface area contributed by atoms with Gasteiger partial charge in [0.1, 0.15) is 0 Å². The lowest BCUT2D eigenvalue weighted by Crippen LogP contribution is -2.41. The second-order valence-electron chi connectivity index (χ2n) is 5.17. The molecular weight excluding hydrogens is 310 g/mol. The maximum Gasteiger partial charge on any atom is 0.308 e. The molecule has 1 amide bonds. The Morgan fingerprint density at radius 2 is 2.00 bits per heavy atom. The number of carbonyl (C=O) groups excluding carboxylic acids is 1. The fourth-order valence-electron chi connectivity index (χ4n) is 2.52. The van der Waals surface area contributed by atoms with Gasteiger partial charge in [-0.1, -0.05) is 30.2 Å². The Kier molecular flexibility index (Phi) is 5.94. The summed E-state index contributed by atoms with van der Waals surface area (Å²) in [5.41, 5.74) is 1.11. The van der Waals surface area contributed by atoms with Gasteiger partial charge in [0, 0.05) is 16.8 Å². The Morgan fingerprint density at radius 3 is 2.67 bits per heavy atom. The van der Waals surface area contributed by atoms with Crippen molar-refractivity contribution in [3.8, 4) is 0 Å². The van der Waals surface area contributed by atoms with E-state index in [1.165, 1.54) is 11.8 Å². The van der Waals surface area contributed by atoms with Gasteiger partial charge in [0.2, 0.25) is 5.91 Å². The second-order valence-corrected chi connectivity index (χ2v) is 6.59. The van der Waals surface area contributed by atoms with Crippen molar-refractivity contribution in [2.24, 2.45) is 5.92 Å². The van der Waals surface area contributed by atoms with Crippen LogP contribution in [0.2, 0.25) is 5.02 Å². The molecule has 1 fully saturated rings. The third-order valence-corrected chi connectivity index (χ3v) is 4.85. The van der Waals surface area contributed by atoms with Crippen molar-refractivity contribution in [1.82, 2.24) is 5.32 Å². The van der Waals surface area contributed by atoms with Crippen LogP contribution in [0, 0.1) is 5.92 Å². The summed E-state index contributed by atoms with van der Waals surface area (Å²) in [5, 5.41) is 12.6. The number of thioether (sulfide) groups is 1. The van der Waals surface area contributed by atoms with E-state index in [2.05, 4.69) is 5.32 Å². The minimum absolute atomic E-state index is 0.0906. The normalized spacial score (nSPS) is 21.2. The molecule has 1 aliphatic carbocycles. The van der Waals surface area contributed by atoms with E-state index in [9.17, 15) is 9.59 Å². The smallest absolute Gasteiger partial charge is 0.308 e. The number of benzene rings is 1. The van der Waals surface area contributed by atoms with Gasteiger partial charge >= 0.3 is 5.97 Å². The molecule has 0 saturated heterocycles. The van der Waals surface area contributed by atoms with Crippen molar-refractivity contribution >= 4 is 35.2 Å². The Balaban J connectivity index is 1.72. The first-order valence-electron chi connectivity index (χ1n) is 6.90. The molecule has 2 unspecified atom stereocenters. The Bertz CT molecular complexity index is 506. The van der Waals surface area contributed by atoms with Gasteiger partial charge in [-0.3, -0.25) is 9.59 Å². The van der Waals surface area contributed by atoms with E-state index in [-0.39, 0.29) is 11.9 Å². The molecule has 1 aliphatic rings. The molecule has 0 aliphatic heterocycles. The molecule has 1 aromatic rings. The van der Waals surface area contributed by atoms with Gasteiger partial charge in [0.25, 0.3) is 0 Å². The van der Waals surface area contributed by atoms with Gasteiger partial charge in [-0.2, -0.15) is 0 Å². The lowest BCUT2D eigenvalue weighted by Gasteiger charge is -2.17. The Morgan fingerprint density at radius 1 is 1.29 bits per heavy atom. The monoisotopic (exact) mass is 327 g/mol. The van der Waals surface area contributed by atoms with E-state index >= 15 is 0 Å². The molecule has 2 N–H and O–H groups in total. The van der Waals surface area contributed by atoms with Crippen molar-refractivity contribution in [3.05, 3.63) is 34.9 Å². The predicted molar refractivity (Wildman–Crippen MR) is 84.5 cm³/mol. The maximum atomic E-state index is 11.9. The highest BCUT2D eigenvalue weighted by Gasteiger charge is 2.33. The summed E-state index contributed by atoms with van der Waals surface area (Å²) in [6.07, 6.45) is 2.27. The summed E-state index contributed by atoms with van der Waals surface area (Å²) < 4.78 is 0. The zero-order chi connectivity index (χ0) is 15.2. The largest absolute Gasteiger partial charge is 0.481 e. The van der Waals surface area contributed by atoms with Crippen LogP contribution >= 0.6 is 23.4 Å². The lowest BCUT2D eigenvalue weighted by molar-refractivity contribution is -0.142. The predicted octanol–water partition coefficient (Wildman–Crippen LogP) is 2.94. The van der Waals surface area contributed by atoms with E-state index in [1.807, 2.05) is 24.3 Å². The van der Waals surface area contributed by atoms with E-state index < -0.39 is 11.9 Å². The Hall–Kier alpha value is -1.20. The summed E-state index contributed by atoms with van der Waals surface area (Å²) in [7, 11) is 0. The number of amides is 1. The van der Waals surface area contributed by atoms with Gasteiger partial charge in [-0.15, -0.1) is 11.8 Å². The minimum atomic E-state index is -0.813. The number of carboxylic acid groups (broad SMARTS) is 1. The van der Waals surface area contributed by atoms with Crippen molar-refractivity contribution in [1.29, 1.82) is 0 Å². The van der Waals surface area contributed by atoms with Crippen LogP contribution in [-0.4, -0.2) is 28.8 Å². The van der Waals surface area contributed by atoms with E-state index in [0.717, 1.165) is 24.2 Å². The van der Waals surface area contributed by atoms with Crippen LogP contribution < -0.4 is 5.32 Å². The highest BCUT2D eigenvalue weighted by molar-refractivity contribution is 7.99. The molecule has 2 rings (SSSR count). The molecule has 0 aromatic heterocycles. The lowest BCUT2D eigenvalue weighted by atomic mass is 10.0. The van der Waals surface area contributed by atoms with Crippen LogP contribution in [0.5, 0.6) is 0 Å². The summed E-state index contributed by atoms with van der Waals surface area (Å²) in [4.78, 5) is 22.9. The topological polar surface area (TPSA) is 66.4 Å². The van der Waals surface area contributed by atoms with E-state index in [1.54, 1.807) is 0 Å². The van der Waals surface area contributed by atoms with Gasteiger partial charge in [0.05, 0.1) is 11.7 Å². The minimum Gasteiger partial charge on any atom is -0.481 e. The molecule has 0 radical (unpaired) electrons. The zero-order valence-corrected chi connectivity index (χ0v) is 13.1. The van der Waals surface area contributed by atoms with Crippen molar-refractivity contribution in [2.45, 2.75) is 31.1 Å². The van der Waals surface area contributed by atoms with E-state index in [0.29, 0.717) is 17.2 Å². The van der Waals surface area contributed by atoms with Crippen LogP contribution in [-0.2, 0) is 15.3 Å². The number of aliphatic carboxylic acids is 1. The molecule has 6 heteroatoms. The highest BCUT2D eigenvalue weighted by Crippen LogP contribution is 2.26. The SMILES string of the molecule is O=C(CSCc1ccc(Cl)cc1)NC1CCCC1C(=O)O. The zero-order valence-electron chi connectivity index (χ0n) is 11.5. The molecule has 1 saturated carbocycles. The molecule has 114 valence electrons. The molecule has 0 spiro atoms. The molecule has 4 nitrogen and oxygen atoms in total. The molecule has 0 heterocycles. The number of rotatable bonds is 6. The molecule has 1 aromatic carbocycles. The van der Waals surface area contributed by atoms with Crippen molar-refractivity contribution in [2.75, 3.05) is 5.75 Å². The number of hydrogen-bond acceptors (Lipinski definition) is 3. The number of carboxylic acids is 1. The summed E-state index contributed by atoms with van der Waals surface area (Å²) in [6.45, 7) is 0. The highest BCUT2D eigenvalue weighted by atomic mass is 35.5. The third-order valence-electron chi connectivity index (χ3n) is 3.59. The number of carbonyl (C=O) groups is 2. The third kappa shape index (κ3) is 4.93. The molecular formula is C15H18ClNO3S. The van der Waals surface area contributed by atoms with E-state index in [4.69, 9.17) is 16.7 Å². The fraction of sp³-hybridized carbons (Fsp3) is 0.467. The number of nitrogens with one attached hydrogen (secondary N) is 1. The van der Waals surface area contributed by atoms with Gasteiger partial charge in [0.15, 0.2) is 0 Å². The molecule has 2 atom stereocenters. The van der Waals surface area contributed by atoms with Crippen molar-refractivity contribution in [3.63, 3.8) is 0 Å².